The molecule has 18 heavy (non-hydrogen) atoms. The number of nitrogens with zero attached hydrogens (tertiary/aromatic N) is 2. The molecule has 1 saturated carbocycles. The minimum absolute atomic E-state index is 0.352. The number of methoxy groups -OCH3 is 1. The molecule has 1 aliphatic carbocycles. The maximum atomic E-state index is 5.19. The van der Waals surface area contributed by atoms with E-state index in [9.17, 15) is 0 Å². The van der Waals surface area contributed by atoms with Gasteiger partial charge in [0.05, 0.1) is 18.3 Å². The molecule has 1 aromatic heterocycles. The third-order valence-corrected chi connectivity index (χ3v) is 3.84. The van der Waals surface area contributed by atoms with Gasteiger partial charge in [-0.1, -0.05) is 19.3 Å². The lowest BCUT2D eigenvalue weighted by Crippen LogP contribution is -2.32. The van der Waals surface area contributed by atoms with Crippen LogP contribution in [0.25, 0.3) is 0 Å². The van der Waals surface area contributed by atoms with Gasteiger partial charge in [-0.15, -0.1) is 0 Å². The van der Waals surface area contributed by atoms with E-state index in [-0.39, 0.29) is 0 Å². The van der Waals surface area contributed by atoms with E-state index in [1.165, 1.54) is 32.1 Å². The molecule has 1 heterocycles. The summed E-state index contributed by atoms with van der Waals surface area (Å²) in [6.07, 6.45) is 9.74. The second kappa shape index (κ2) is 6.90. The standard InChI is InChI=1S/C14H25N3O/c1-15-13(11-18-2)10-12-8-9-17(16-12)14-6-4-3-5-7-14/h8-9,13-15H,3-7,10-11H2,1-2H3. The molecule has 4 heteroatoms. The normalized spacial score (nSPS) is 19.0. The van der Waals surface area contributed by atoms with Crippen LogP contribution in [0.2, 0.25) is 0 Å². The summed E-state index contributed by atoms with van der Waals surface area (Å²) in [6, 6.07) is 3.13. The fourth-order valence-corrected chi connectivity index (χ4v) is 2.73. The first-order valence-corrected chi connectivity index (χ1v) is 7.03. The Balaban J connectivity index is 1.92. The van der Waals surface area contributed by atoms with Gasteiger partial charge in [-0.05, 0) is 26.0 Å². The number of aromatic nitrogens is 2. The Morgan fingerprint density at radius 2 is 2.22 bits per heavy atom. The summed E-state index contributed by atoms with van der Waals surface area (Å²) in [5, 5.41) is 7.99. The predicted octanol–water partition coefficient (Wildman–Crippen LogP) is 2.17. The van der Waals surface area contributed by atoms with Crippen molar-refractivity contribution in [2.24, 2.45) is 0 Å². The van der Waals surface area contributed by atoms with Crippen LogP contribution in [0.1, 0.15) is 43.8 Å². The molecule has 0 amide bonds. The number of hydrogen-bond donors (Lipinski definition) is 1. The van der Waals surface area contributed by atoms with Gasteiger partial charge in [-0.3, -0.25) is 4.68 Å². The van der Waals surface area contributed by atoms with Crippen LogP contribution in [0, 0.1) is 0 Å². The molecule has 0 spiro atoms. The highest BCUT2D eigenvalue weighted by Crippen LogP contribution is 2.27. The van der Waals surface area contributed by atoms with Crippen LogP contribution >= 0.6 is 0 Å². The van der Waals surface area contributed by atoms with Gasteiger partial charge in [0, 0.05) is 25.8 Å². The Morgan fingerprint density at radius 1 is 1.44 bits per heavy atom. The van der Waals surface area contributed by atoms with Crippen molar-refractivity contribution < 1.29 is 4.74 Å². The van der Waals surface area contributed by atoms with Crippen molar-refractivity contribution in [3.05, 3.63) is 18.0 Å². The molecule has 1 aromatic rings. The zero-order chi connectivity index (χ0) is 12.8. The van der Waals surface area contributed by atoms with Gasteiger partial charge in [-0.2, -0.15) is 5.10 Å². The second-order valence-corrected chi connectivity index (χ2v) is 5.22. The van der Waals surface area contributed by atoms with Crippen molar-refractivity contribution in [1.29, 1.82) is 0 Å². The molecule has 1 unspecified atom stereocenters. The molecule has 0 radical (unpaired) electrons. The van der Waals surface area contributed by atoms with Gasteiger partial charge < -0.3 is 10.1 Å². The average molecular weight is 251 g/mol. The topological polar surface area (TPSA) is 39.1 Å². The highest BCUT2D eigenvalue weighted by molar-refractivity contribution is 5.02. The summed E-state index contributed by atoms with van der Waals surface area (Å²) < 4.78 is 7.37. The molecule has 2 rings (SSSR count). The van der Waals surface area contributed by atoms with Gasteiger partial charge in [0.1, 0.15) is 0 Å². The van der Waals surface area contributed by atoms with E-state index in [4.69, 9.17) is 9.84 Å². The fraction of sp³-hybridized carbons (Fsp3) is 0.786. The number of hydrogen-bond acceptors (Lipinski definition) is 3. The third-order valence-electron chi connectivity index (χ3n) is 3.84. The summed E-state index contributed by atoms with van der Waals surface area (Å²) in [5.41, 5.74) is 1.16. The van der Waals surface area contributed by atoms with Gasteiger partial charge in [0.15, 0.2) is 0 Å². The van der Waals surface area contributed by atoms with E-state index in [0.29, 0.717) is 12.1 Å². The highest BCUT2D eigenvalue weighted by Gasteiger charge is 2.16. The van der Waals surface area contributed by atoms with Crippen LogP contribution in [-0.2, 0) is 11.2 Å². The minimum atomic E-state index is 0.352. The van der Waals surface area contributed by atoms with E-state index in [2.05, 4.69) is 22.3 Å². The fourth-order valence-electron chi connectivity index (χ4n) is 2.73. The predicted molar refractivity (Wildman–Crippen MR) is 72.8 cm³/mol. The van der Waals surface area contributed by atoms with Gasteiger partial charge in [0.2, 0.25) is 0 Å². The van der Waals surface area contributed by atoms with E-state index in [1.807, 2.05) is 7.05 Å². The van der Waals surface area contributed by atoms with Crippen molar-refractivity contribution in [3.8, 4) is 0 Å². The summed E-state index contributed by atoms with van der Waals surface area (Å²) in [5.74, 6) is 0. The maximum absolute atomic E-state index is 5.19. The Labute approximate surface area is 110 Å². The number of likely N-dealkylation sites (N-methyl/N-ethyl adjacent to an activating group) is 1. The Bertz CT molecular complexity index is 345. The highest BCUT2D eigenvalue weighted by atomic mass is 16.5. The molecule has 102 valence electrons. The van der Waals surface area contributed by atoms with Crippen molar-refractivity contribution in [3.63, 3.8) is 0 Å². The van der Waals surface area contributed by atoms with Gasteiger partial charge in [-0.25, -0.2) is 0 Å². The minimum Gasteiger partial charge on any atom is -0.383 e. The summed E-state index contributed by atoms with van der Waals surface area (Å²) in [4.78, 5) is 0. The van der Waals surface area contributed by atoms with Crippen LogP contribution in [0.4, 0.5) is 0 Å². The molecule has 4 nitrogen and oxygen atoms in total. The Hall–Kier alpha value is -0.870. The Kier molecular flexibility index (Phi) is 5.20. The molecule has 0 bridgehead atoms. The first-order chi connectivity index (χ1) is 8.83. The lowest BCUT2D eigenvalue weighted by atomic mass is 9.96. The van der Waals surface area contributed by atoms with Crippen LogP contribution in [0.5, 0.6) is 0 Å². The molecule has 1 N–H and O–H groups in total. The second-order valence-electron chi connectivity index (χ2n) is 5.22. The third kappa shape index (κ3) is 3.56. The van der Waals surface area contributed by atoms with Crippen LogP contribution < -0.4 is 5.32 Å². The molecular weight excluding hydrogens is 226 g/mol. The van der Waals surface area contributed by atoms with E-state index >= 15 is 0 Å². The smallest absolute Gasteiger partial charge is 0.0641 e. The van der Waals surface area contributed by atoms with Crippen molar-refractivity contribution in [1.82, 2.24) is 15.1 Å². The lowest BCUT2D eigenvalue weighted by molar-refractivity contribution is 0.169. The average Bonchev–Trinajstić information content (AvgIpc) is 2.88. The molecule has 1 atom stereocenters. The summed E-state index contributed by atoms with van der Waals surface area (Å²) >= 11 is 0. The monoisotopic (exact) mass is 251 g/mol. The molecule has 0 saturated heterocycles. The largest absolute Gasteiger partial charge is 0.383 e. The quantitative estimate of drug-likeness (QED) is 0.842. The summed E-state index contributed by atoms with van der Waals surface area (Å²) in [6.45, 7) is 0.729. The maximum Gasteiger partial charge on any atom is 0.0641 e. The first kappa shape index (κ1) is 13.6. The number of nitrogens with one attached hydrogen (secondary N) is 1. The number of ether oxygens (including phenoxy) is 1. The molecule has 1 fully saturated rings. The zero-order valence-electron chi connectivity index (χ0n) is 11.6. The lowest BCUT2D eigenvalue weighted by Gasteiger charge is -2.22. The summed E-state index contributed by atoms with van der Waals surface area (Å²) in [7, 11) is 3.72. The Morgan fingerprint density at radius 3 is 2.89 bits per heavy atom. The van der Waals surface area contributed by atoms with E-state index in [1.54, 1.807) is 7.11 Å². The van der Waals surface area contributed by atoms with Gasteiger partial charge in [0.25, 0.3) is 0 Å². The van der Waals surface area contributed by atoms with Crippen molar-refractivity contribution >= 4 is 0 Å². The van der Waals surface area contributed by atoms with Crippen LogP contribution in [-0.4, -0.2) is 36.6 Å². The van der Waals surface area contributed by atoms with E-state index in [0.717, 1.165) is 18.7 Å². The molecule has 1 aliphatic rings. The molecule has 0 aromatic carbocycles. The number of rotatable bonds is 6. The zero-order valence-corrected chi connectivity index (χ0v) is 11.6. The van der Waals surface area contributed by atoms with Gasteiger partial charge >= 0.3 is 0 Å². The van der Waals surface area contributed by atoms with Crippen LogP contribution in [0.3, 0.4) is 0 Å². The molecular formula is C14H25N3O. The SMILES string of the molecule is CNC(COC)Cc1ccn(C2CCCCC2)n1. The van der Waals surface area contributed by atoms with Crippen molar-refractivity contribution in [2.45, 2.75) is 50.6 Å². The van der Waals surface area contributed by atoms with E-state index < -0.39 is 0 Å². The van der Waals surface area contributed by atoms with Crippen molar-refractivity contribution in [2.75, 3.05) is 20.8 Å². The first-order valence-electron chi connectivity index (χ1n) is 7.03. The van der Waals surface area contributed by atoms with Crippen LogP contribution in [0.15, 0.2) is 12.3 Å². The molecule has 0 aliphatic heterocycles.